The van der Waals surface area contributed by atoms with E-state index in [0.717, 1.165) is 27.7 Å². The Hall–Kier alpha value is -2.47. The monoisotopic (exact) mass is 355 g/mol. The van der Waals surface area contributed by atoms with Crippen LogP contribution in [0, 0.1) is 0 Å². The van der Waals surface area contributed by atoms with Crippen LogP contribution in [0.4, 0.5) is 11.4 Å². The van der Waals surface area contributed by atoms with E-state index in [1.54, 1.807) is 7.11 Å². The third-order valence-corrected chi connectivity index (χ3v) is 4.68. The van der Waals surface area contributed by atoms with Gasteiger partial charge in [-0.1, -0.05) is 30.0 Å². The lowest BCUT2D eigenvalue weighted by atomic mass is 10.1. The molecule has 0 radical (unpaired) electrons. The fourth-order valence-electron chi connectivity index (χ4n) is 2.57. The molecule has 2 aromatic rings. The second-order valence-electron chi connectivity index (χ2n) is 6.21. The van der Waals surface area contributed by atoms with Crippen LogP contribution < -0.4 is 15.4 Å². The number of carbonyl (C=O) groups excluding carboxylic acids is 1. The SMILES string of the molecule is COc1ccc(NC(=O)CSC2=NC(C)(C)Nc3ccccc32)cc1. The molecule has 0 aliphatic carbocycles. The zero-order chi connectivity index (χ0) is 17.9. The lowest BCUT2D eigenvalue weighted by Crippen LogP contribution is -2.34. The van der Waals surface area contributed by atoms with E-state index >= 15 is 0 Å². The Kier molecular flexibility index (Phi) is 4.99. The Morgan fingerprint density at radius 1 is 1.20 bits per heavy atom. The molecule has 0 saturated heterocycles. The number of benzene rings is 2. The van der Waals surface area contributed by atoms with Crippen molar-refractivity contribution < 1.29 is 9.53 Å². The molecular weight excluding hydrogens is 334 g/mol. The Morgan fingerprint density at radius 2 is 1.92 bits per heavy atom. The average molecular weight is 355 g/mol. The van der Waals surface area contributed by atoms with E-state index in [-0.39, 0.29) is 11.6 Å². The number of fused-ring (bicyclic) bond motifs is 1. The first-order chi connectivity index (χ1) is 12.0. The summed E-state index contributed by atoms with van der Waals surface area (Å²) >= 11 is 1.45. The van der Waals surface area contributed by atoms with E-state index in [0.29, 0.717) is 5.75 Å². The van der Waals surface area contributed by atoms with Crippen LogP contribution in [0.25, 0.3) is 0 Å². The zero-order valence-electron chi connectivity index (χ0n) is 14.5. The van der Waals surface area contributed by atoms with Crippen molar-refractivity contribution in [1.29, 1.82) is 0 Å². The third-order valence-electron chi connectivity index (χ3n) is 3.69. The number of anilines is 2. The molecule has 130 valence electrons. The number of hydrogen-bond acceptors (Lipinski definition) is 5. The van der Waals surface area contributed by atoms with Crippen LogP contribution in [0.3, 0.4) is 0 Å². The first-order valence-corrected chi connectivity index (χ1v) is 8.99. The van der Waals surface area contributed by atoms with Crippen molar-refractivity contribution in [2.75, 3.05) is 23.5 Å². The maximum absolute atomic E-state index is 12.2. The van der Waals surface area contributed by atoms with Gasteiger partial charge in [0.05, 0.1) is 12.9 Å². The number of methoxy groups -OCH3 is 1. The van der Waals surface area contributed by atoms with Gasteiger partial charge in [-0.25, -0.2) is 0 Å². The number of para-hydroxylation sites is 1. The van der Waals surface area contributed by atoms with Gasteiger partial charge in [0, 0.05) is 16.9 Å². The second-order valence-corrected chi connectivity index (χ2v) is 7.18. The van der Waals surface area contributed by atoms with E-state index < -0.39 is 0 Å². The lowest BCUT2D eigenvalue weighted by Gasteiger charge is -2.30. The number of amides is 1. The Labute approximate surface area is 151 Å². The van der Waals surface area contributed by atoms with Crippen molar-refractivity contribution in [3.05, 3.63) is 54.1 Å². The van der Waals surface area contributed by atoms with Crippen LogP contribution >= 0.6 is 11.8 Å². The van der Waals surface area contributed by atoms with Gasteiger partial charge in [-0.15, -0.1) is 0 Å². The van der Waals surface area contributed by atoms with Crippen LogP contribution in [-0.2, 0) is 4.79 Å². The molecule has 0 spiro atoms. The molecule has 1 aliphatic rings. The molecule has 0 aromatic heterocycles. The molecule has 2 N–H and O–H groups in total. The highest BCUT2D eigenvalue weighted by molar-refractivity contribution is 8.15. The van der Waals surface area contributed by atoms with Crippen molar-refractivity contribution >= 4 is 34.1 Å². The quantitative estimate of drug-likeness (QED) is 0.871. The predicted octanol–water partition coefficient (Wildman–Crippen LogP) is 3.98. The summed E-state index contributed by atoms with van der Waals surface area (Å²) in [5.74, 6) is 0.997. The van der Waals surface area contributed by atoms with Crippen molar-refractivity contribution in [3.63, 3.8) is 0 Å². The van der Waals surface area contributed by atoms with Gasteiger partial charge in [0.1, 0.15) is 16.5 Å². The summed E-state index contributed by atoms with van der Waals surface area (Å²) in [5, 5.41) is 7.16. The Morgan fingerprint density at radius 3 is 2.64 bits per heavy atom. The molecule has 2 aromatic carbocycles. The van der Waals surface area contributed by atoms with Gasteiger partial charge in [-0.05, 0) is 44.2 Å². The highest BCUT2D eigenvalue weighted by Crippen LogP contribution is 2.31. The van der Waals surface area contributed by atoms with E-state index in [9.17, 15) is 4.79 Å². The molecule has 5 nitrogen and oxygen atoms in total. The summed E-state index contributed by atoms with van der Waals surface area (Å²) in [6, 6.07) is 15.3. The summed E-state index contributed by atoms with van der Waals surface area (Å²) in [4.78, 5) is 17.0. The molecule has 6 heteroatoms. The van der Waals surface area contributed by atoms with Gasteiger partial charge in [-0.2, -0.15) is 0 Å². The molecule has 1 aliphatic heterocycles. The number of ether oxygens (including phenoxy) is 1. The summed E-state index contributed by atoms with van der Waals surface area (Å²) in [6.07, 6.45) is 0. The molecule has 1 amide bonds. The first-order valence-electron chi connectivity index (χ1n) is 8.01. The minimum Gasteiger partial charge on any atom is -0.497 e. The highest BCUT2D eigenvalue weighted by Gasteiger charge is 2.25. The largest absolute Gasteiger partial charge is 0.497 e. The number of rotatable bonds is 4. The molecule has 0 fully saturated rings. The fraction of sp³-hybridized carbons (Fsp3) is 0.263. The average Bonchev–Trinajstić information content (AvgIpc) is 2.59. The smallest absolute Gasteiger partial charge is 0.234 e. The molecule has 25 heavy (non-hydrogen) atoms. The van der Waals surface area contributed by atoms with Gasteiger partial charge >= 0.3 is 0 Å². The number of nitrogens with one attached hydrogen (secondary N) is 2. The zero-order valence-corrected chi connectivity index (χ0v) is 15.3. The molecule has 3 rings (SSSR count). The van der Waals surface area contributed by atoms with Gasteiger partial charge in [-0.3, -0.25) is 9.79 Å². The predicted molar refractivity (Wildman–Crippen MR) is 105 cm³/mol. The van der Waals surface area contributed by atoms with E-state index in [1.165, 1.54) is 11.8 Å². The van der Waals surface area contributed by atoms with E-state index in [4.69, 9.17) is 9.73 Å². The number of hydrogen-bond donors (Lipinski definition) is 2. The second kappa shape index (κ2) is 7.19. The van der Waals surface area contributed by atoms with Crippen LogP contribution in [0.5, 0.6) is 5.75 Å². The van der Waals surface area contributed by atoms with Crippen LogP contribution in [0.1, 0.15) is 19.4 Å². The van der Waals surface area contributed by atoms with Crippen molar-refractivity contribution in [2.45, 2.75) is 19.5 Å². The third kappa shape index (κ3) is 4.33. The maximum Gasteiger partial charge on any atom is 0.234 e. The molecular formula is C19H21N3O2S. The standard InChI is InChI=1S/C19H21N3O2S/c1-19(2)21-16-7-5-4-6-15(16)18(22-19)25-12-17(23)20-13-8-10-14(24-3)11-9-13/h4-11,21H,12H2,1-3H3,(H,20,23). The summed E-state index contributed by atoms with van der Waals surface area (Å²) in [5.41, 5.74) is 2.44. The van der Waals surface area contributed by atoms with Crippen LogP contribution in [-0.4, -0.2) is 29.5 Å². The van der Waals surface area contributed by atoms with Crippen molar-refractivity contribution in [2.24, 2.45) is 4.99 Å². The summed E-state index contributed by atoms with van der Waals surface area (Å²) in [6.45, 7) is 4.03. The van der Waals surface area contributed by atoms with Gasteiger partial charge in [0.15, 0.2) is 0 Å². The van der Waals surface area contributed by atoms with Gasteiger partial charge < -0.3 is 15.4 Å². The molecule has 1 heterocycles. The molecule has 0 bridgehead atoms. The van der Waals surface area contributed by atoms with Crippen molar-refractivity contribution in [3.8, 4) is 5.75 Å². The first kappa shape index (κ1) is 17.4. The van der Waals surface area contributed by atoms with E-state index in [1.807, 2.05) is 62.4 Å². The normalized spacial score (nSPS) is 14.8. The molecule has 0 saturated carbocycles. The van der Waals surface area contributed by atoms with E-state index in [2.05, 4.69) is 10.6 Å². The number of thioether (sulfide) groups is 1. The Bertz CT molecular complexity index is 801. The minimum absolute atomic E-state index is 0.0633. The number of nitrogens with zero attached hydrogens (tertiary/aromatic N) is 1. The number of aliphatic imine (C=N–C) groups is 1. The highest BCUT2D eigenvalue weighted by atomic mass is 32.2. The van der Waals surface area contributed by atoms with Crippen molar-refractivity contribution in [1.82, 2.24) is 0 Å². The maximum atomic E-state index is 12.2. The van der Waals surface area contributed by atoms with Crippen LogP contribution in [0.2, 0.25) is 0 Å². The lowest BCUT2D eigenvalue weighted by molar-refractivity contribution is -0.113. The number of carbonyl (C=O) groups is 1. The molecule has 0 atom stereocenters. The molecule has 0 unspecified atom stereocenters. The fourth-order valence-corrected chi connectivity index (χ4v) is 3.53. The van der Waals surface area contributed by atoms with Crippen LogP contribution in [0.15, 0.2) is 53.5 Å². The minimum atomic E-state index is -0.386. The Balaban J connectivity index is 1.65. The summed E-state index contributed by atoms with van der Waals surface area (Å²) in [7, 11) is 1.61. The van der Waals surface area contributed by atoms with Gasteiger partial charge in [0.2, 0.25) is 5.91 Å². The topological polar surface area (TPSA) is 62.7 Å². The summed E-state index contributed by atoms with van der Waals surface area (Å²) < 4.78 is 5.12. The van der Waals surface area contributed by atoms with Gasteiger partial charge in [0.25, 0.3) is 0 Å².